The highest BCUT2D eigenvalue weighted by Crippen LogP contribution is 2.06. The molecule has 1 rings (SSSR count). The lowest BCUT2D eigenvalue weighted by molar-refractivity contribution is 1.20. The fraction of sp³-hybridized carbons (Fsp3) is 0.286. The van der Waals surface area contributed by atoms with Gasteiger partial charge in [0.15, 0.2) is 0 Å². The van der Waals surface area contributed by atoms with Crippen LogP contribution in [-0.2, 0) is 0 Å². The van der Waals surface area contributed by atoms with E-state index in [1.807, 2.05) is 45.9 Å². The molecule has 0 spiro atoms. The summed E-state index contributed by atoms with van der Waals surface area (Å²) in [6.07, 6.45) is 5.15. The maximum Gasteiger partial charge on any atom is 0.102 e. The number of nitrogens with zero attached hydrogens (tertiary/aromatic N) is 2. The minimum atomic E-state index is 0.384. The lowest BCUT2D eigenvalue weighted by Gasteiger charge is -1.97. The molecule has 0 amide bonds. The van der Waals surface area contributed by atoms with E-state index in [1.54, 1.807) is 0 Å². The van der Waals surface area contributed by atoms with Gasteiger partial charge in [-0.15, -0.1) is 0 Å². The van der Waals surface area contributed by atoms with Gasteiger partial charge in [-0.2, -0.15) is 5.26 Å². The maximum atomic E-state index is 8.82. The largest absolute Gasteiger partial charge is 0.255 e. The molecule has 1 aromatic rings. The van der Waals surface area contributed by atoms with Gasteiger partial charge in [-0.05, 0) is 19.9 Å². The Morgan fingerprint density at radius 2 is 2.12 bits per heavy atom. The van der Waals surface area contributed by atoms with E-state index in [0.717, 1.165) is 16.1 Å². The number of nitriles is 1. The Bertz CT molecular complexity index is 551. The van der Waals surface area contributed by atoms with Gasteiger partial charge in [-0.25, -0.2) is 0 Å². The summed E-state index contributed by atoms with van der Waals surface area (Å²) in [4.78, 5) is 4.15. The van der Waals surface area contributed by atoms with Crippen molar-refractivity contribution in [2.45, 2.75) is 27.7 Å². The monoisotopic (exact) mass is 248 g/mol. The number of halogens is 1. The minimum absolute atomic E-state index is 0.384. The second kappa shape index (κ2) is 7.65. The molecule has 3 heteroatoms. The van der Waals surface area contributed by atoms with E-state index in [9.17, 15) is 0 Å². The zero-order chi connectivity index (χ0) is 13.4. The van der Waals surface area contributed by atoms with Crippen LogP contribution in [0.4, 0.5) is 0 Å². The van der Waals surface area contributed by atoms with E-state index < -0.39 is 0 Å². The Balaban J connectivity index is 0.00000121. The molecule has 0 aliphatic rings. The molecular formula is C14H17ClN2. The van der Waals surface area contributed by atoms with Gasteiger partial charge >= 0.3 is 0 Å². The molecule has 0 radical (unpaired) electrons. The van der Waals surface area contributed by atoms with Crippen LogP contribution in [0.1, 0.15) is 33.3 Å². The highest BCUT2D eigenvalue weighted by atomic mass is 35.5. The second-order valence-corrected chi connectivity index (χ2v) is 3.55. The first kappa shape index (κ1) is 15.4. The molecule has 0 bridgehead atoms. The minimum Gasteiger partial charge on any atom is -0.255 e. The van der Waals surface area contributed by atoms with E-state index in [2.05, 4.69) is 11.6 Å². The fourth-order valence-electron chi connectivity index (χ4n) is 1.21. The van der Waals surface area contributed by atoms with Crippen LogP contribution in [-0.4, -0.2) is 4.98 Å². The van der Waals surface area contributed by atoms with Gasteiger partial charge in [-0.1, -0.05) is 43.7 Å². The van der Waals surface area contributed by atoms with E-state index in [0.29, 0.717) is 10.6 Å². The zero-order valence-electron chi connectivity index (χ0n) is 10.7. The Labute approximate surface area is 108 Å². The predicted molar refractivity (Wildman–Crippen MR) is 74.0 cm³/mol. The molecule has 0 aliphatic heterocycles. The number of allylic oxidation sites excluding steroid dienone is 1. The lowest BCUT2D eigenvalue weighted by atomic mass is 10.2. The molecule has 1 heterocycles. The van der Waals surface area contributed by atoms with E-state index in [-0.39, 0.29) is 0 Å². The average Bonchev–Trinajstić information content (AvgIpc) is 2.34. The molecule has 0 N–H and O–H groups in total. The molecule has 0 saturated carbocycles. The molecule has 17 heavy (non-hydrogen) atoms. The molecule has 0 fully saturated rings. The third-order valence-electron chi connectivity index (χ3n) is 1.87. The molecule has 0 saturated heterocycles. The molecule has 0 atom stereocenters. The summed E-state index contributed by atoms with van der Waals surface area (Å²) in [5, 5.41) is 10.8. The number of pyridine rings is 1. The fourth-order valence-corrected chi connectivity index (χ4v) is 1.45. The van der Waals surface area contributed by atoms with Crippen molar-refractivity contribution in [1.29, 1.82) is 5.26 Å². The predicted octanol–water partition coefficient (Wildman–Crippen LogP) is 2.79. The summed E-state index contributed by atoms with van der Waals surface area (Å²) >= 11 is 6.08. The van der Waals surface area contributed by atoms with Crippen molar-refractivity contribution >= 4 is 23.8 Å². The van der Waals surface area contributed by atoms with Gasteiger partial charge in [0.25, 0.3) is 0 Å². The van der Waals surface area contributed by atoms with Gasteiger partial charge in [0.2, 0.25) is 0 Å². The Hall–Kier alpha value is -1.59. The first-order chi connectivity index (χ1) is 8.10. The number of aromatic nitrogens is 1. The SMILES string of the molecule is C=C(C)/C=c1/c(Cl)c(C#N)cn/c1=C/C.CC. The topological polar surface area (TPSA) is 36.7 Å². The molecular weight excluding hydrogens is 232 g/mol. The van der Waals surface area contributed by atoms with Gasteiger partial charge in [0, 0.05) is 11.4 Å². The van der Waals surface area contributed by atoms with Crippen LogP contribution in [0.5, 0.6) is 0 Å². The molecule has 0 aromatic carbocycles. The Kier molecular flexibility index (Phi) is 6.93. The summed E-state index contributed by atoms with van der Waals surface area (Å²) in [6.45, 7) is 11.5. The maximum absolute atomic E-state index is 8.82. The van der Waals surface area contributed by atoms with Crippen LogP contribution in [0.3, 0.4) is 0 Å². The van der Waals surface area contributed by atoms with Crippen LogP contribution < -0.4 is 10.6 Å². The van der Waals surface area contributed by atoms with Crippen molar-refractivity contribution in [3.63, 3.8) is 0 Å². The van der Waals surface area contributed by atoms with Crippen molar-refractivity contribution in [1.82, 2.24) is 4.98 Å². The first-order valence-electron chi connectivity index (χ1n) is 5.48. The van der Waals surface area contributed by atoms with Crippen LogP contribution in [0.25, 0.3) is 12.2 Å². The van der Waals surface area contributed by atoms with E-state index >= 15 is 0 Å². The first-order valence-corrected chi connectivity index (χ1v) is 5.86. The Morgan fingerprint density at radius 3 is 2.53 bits per heavy atom. The molecule has 2 nitrogen and oxygen atoms in total. The number of hydrogen-bond donors (Lipinski definition) is 0. The van der Waals surface area contributed by atoms with Crippen molar-refractivity contribution in [3.05, 3.63) is 39.5 Å². The second-order valence-electron chi connectivity index (χ2n) is 3.18. The van der Waals surface area contributed by atoms with Gasteiger partial charge in [0.05, 0.1) is 15.9 Å². The molecule has 90 valence electrons. The van der Waals surface area contributed by atoms with E-state index in [1.165, 1.54) is 6.20 Å². The van der Waals surface area contributed by atoms with Crippen molar-refractivity contribution in [2.24, 2.45) is 0 Å². The van der Waals surface area contributed by atoms with Crippen LogP contribution in [0, 0.1) is 11.3 Å². The van der Waals surface area contributed by atoms with Crippen molar-refractivity contribution < 1.29 is 0 Å². The van der Waals surface area contributed by atoms with E-state index in [4.69, 9.17) is 16.9 Å². The van der Waals surface area contributed by atoms with Gasteiger partial charge < -0.3 is 0 Å². The Morgan fingerprint density at radius 1 is 1.53 bits per heavy atom. The highest BCUT2D eigenvalue weighted by Gasteiger charge is 2.02. The average molecular weight is 249 g/mol. The van der Waals surface area contributed by atoms with Crippen LogP contribution in [0.15, 0.2) is 18.3 Å². The van der Waals surface area contributed by atoms with Gasteiger partial charge in [0.1, 0.15) is 6.07 Å². The van der Waals surface area contributed by atoms with Crippen LogP contribution >= 0.6 is 11.6 Å². The summed E-state index contributed by atoms with van der Waals surface area (Å²) < 4.78 is 0. The standard InChI is InChI=1S/C12H11ClN2.C2H6/c1-4-11-10(5-8(2)3)12(13)9(6-14)7-15-11;1-2/h4-5,7H,2H2,1,3H3;1-2H3/b10-5+,11-4+;. The van der Waals surface area contributed by atoms with Crippen LogP contribution in [0.2, 0.25) is 5.02 Å². The normalized spacial score (nSPS) is 11.5. The third kappa shape index (κ3) is 4.05. The quantitative estimate of drug-likeness (QED) is 0.766. The van der Waals surface area contributed by atoms with Crippen molar-refractivity contribution in [3.8, 4) is 6.07 Å². The highest BCUT2D eigenvalue weighted by molar-refractivity contribution is 6.31. The third-order valence-corrected chi connectivity index (χ3v) is 2.27. The smallest absolute Gasteiger partial charge is 0.102 e. The zero-order valence-corrected chi connectivity index (χ0v) is 11.5. The number of hydrogen-bond acceptors (Lipinski definition) is 2. The van der Waals surface area contributed by atoms with Gasteiger partial charge in [-0.3, -0.25) is 4.98 Å². The molecule has 0 aliphatic carbocycles. The lowest BCUT2D eigenvalue weighted by Crippen LogP contribution is -2.29. The molecule has 0 unspecified atom stereocenters. The summed E-state index contributed by atoms with van der Waals surface area (Å²) in [7, 11) is 0. The summed E-state index contributed by atoms with van der Waals surface area (Å²) in [5.74, 6) is 0. The summed E-state index contributed by atoms with van der Waals surface area (Å²) in [6, 6.07) is 2.00. The molecule has 1 aromatic heterocycles. The number of rotatable bonds is 1. The van der Waals surface area contributed by atoms with Crippen molar-refractivity contribution in [2.75, 3.05) is 0 Å². The summed E-state index contributed by atoms with van der Waals surface area (Å²) in [5.41, 5.74) is 1.26.